The summed E-state index contributed by atoms with van der Waals surface area (Å²) in [5, 5.41) is 0. The maximum Gasteiger partial charge on any atom is 0.340 e. The Balaban J connectivity index is 1.52. The highest BCUT2D eigenvalue weighted by atomic mass is 16.7. The van der Waals surface area contributed by atoms with Gasteiger partial charge in [-0.25, -0.2) is 4.79 Å². The van der Waals surface area contributed by atoms with Crippen molar-refractivity contribution >= 4 is 5.97 Å². The molecular formula is C15H19NO4. The lowest BCUT2D eigenvalue weighted by atomic mass is 9.93. The first-order chi connectivity index (χ1) is 9.77. The highest BCUT2D eigenvalue weighted by Gasteiger charge is 2.39. The molecule has 5 nitrogen and oxygen atoms in total. The molecule has 20 heavy (non-hydrogen) atoms. The molecule has 1 saturated heterocycles. The van der Waals surface area contributed by atoms with Crippen LogP contribution in [0, 0.1) is 0 Å². The van der Waals surface area contributed by atoms with Crippen LogP contribution in [0.2, 0.25) is 0 Å². The standard InChI is InChI=1S/C15H19NO4/c17-14(12-5-4-8-16-9-12)20-13-10-18-15(19-11-13)6-2-1-3-7-15/h4-5,8-9,13H,1-3,6-7,10-11H2. The topological polar surface area (TPSA) is 57.7 Å². The van der Waals surface area contributed by atoms with Crippen LogP contribution in [0.25, 0.3) is 0 Å². The molecule has 0 radical (unpaired) electrons. The number of hydrogen-bond acceptors (Lipinski definition) is 5. The largest absolute Gasteiger partial charge is 0.454 e. The predicted molar refractivity (Wildman–Crippen MR) is 71.2 cm³/mol. The lowest BCUT2D eigenvalue weighted by molar-refractivity contribution is -0.302. The van der Waals surface area contributed by atoms with Gasteiger partial charge in [-0.15, -0.1) is 0 Å². The van der Waals surface area contributed by atoms with E-state index in [0.717, 1.165) is 25.7 Å². The van der Waals surface area contributed by atoms with Gasteiger partial charge in [0.15, 0.2) is 5.79 Å². The molecule has 0 amide bonds. The first kappa shape index (κ1) is 13.5. The van der Waals surface area contributed by atoms with E-state index >= 15 is 0 Å². The zero-order valence-corrected chi connectivity index (χ0v) is 11.4. The minimum absolute atomic E-state index is 0.338. The second-order valence-corrected chi connectivity index (χ2v) is 5.36. The average Bonchev–Trinajstić information content (AvgIpc) is 2.52. The number of ether oxygens (including phenoxy) is 3. The number of hydrogen-bond donors (Lipinski definition) is 0. The Kier molecular flexibility index (Phi) is 3.98. The fourth-order valence-electron chi connectivity index (χ4n) is 2.73. The van der Waals surface area contributed by atoms with Gasteiger partial charge in [-0.1, -0.05) is 6.42 Å². The van der Waals surface area contributed by atoms with Crippen LogP contribution in [0.3, 0.4) is 0 Å². The maximum absolute atomic E-state index is 11.9. The molecule has 5 heteroatoms. The molecule has 3 rings (SSSR count). The zero-order valence-electron chi connectivity index (χ0n) is 11.4. The second kappa shape index (κ2) is 5.89. The van der Waals surface area contributed by atoms with Crippen LogP contribution < -0.4 is 0 Å². The Labute approximate surface area is 118 Å². The number of carbonyl (C=O) groups is 1. The van der Waals surface area contributed by atoms with E-state index in [0.29, 0.717) is 18.8 Å². The van der Waals surface area contributed by atoms with Crippen LogP contribution in [0.1, 0.15) is 42.5 Å². The summed E-state index contributed by atoms with van der Waals surface area (Å²) >= 11 is 0. The van der Waals surface area contributed by atoms with E-state index in [1.165, 1.54) is 12.6 Å². The minimum atomic E-state index is -0.421. The minimum Gasteiger partial charge on any atom is -0.454 e. The smallest absolute Gasteiger partial charge is 0.340 e. The van der Waals surface area contributed by atoms with E-state index < -0.39 is 5.79 Å². The first-order valence-corrected chi connectivity index (χ1v) is 7.16. The molecule has 0 unspecified atom stereocenters. The van der Waals surface area contributed by atoms with Gasteiger partial charge in [0.05, 0.1) is 18.8 Å². The number of aromatic nitrogens is 1. The first-order valence-electron chi connectivity index (χ1n) is 7.16. The lowest BCUT2D eigenvalue weighted by Gasteiger charge is -2.42. The van der Waals surface area contributed by atoms with Crippen molar-refractivity contribution in [1.82, 2.24) is 4.98 Å². The average molecular weight is 277 g/mol. The maximum atomic E-state index is 11.9. The molecular weight excluding hydrogens is 258 g/mol. The van der Waals surface area contributed by atoms with E-state index in [1.807, 2.05) is 0 Å². The van der Waals surface area contributed by atoms with E-state index in [4.69, 9.17) is 14.2 Å². The molecule has 2 aliphatic rings. The fraction of sp³-hybridized carbons (Fsp3) is 0.600. The number of pyridine rings is 1. The Bertz CT molecular complexity index is 446. The van der Waals surface area contributed by atoms with Crippen molar-refractivity contribution in [2.45, 2.75) is 44.0 Å². The van der Waals surface area contributed by atoms with Crippen LogP contribution in [0.15, 0.2) is 24.5 Å². The van der Waals surface area contributed by atoms with E-state index in [1.54, 1.807) is 18.3 Å². The van der Waals surface area contributed by atoms with Gasteiger partial charge < -0.3 is 14.2 Å². The van der Waals surface area contributed by atoms with Crippen molar-refractivity contribution in [3.63, 3.8) is 0 Å². The van der Waals surface area contributed by atoms with Crippen molar-refractivity contribution in [1.29, 1.82) is 0 Å². The van der Waals surface area contributed by atoms with Crippen molar-refractivity contribution in [2.75, 3.05) is 13.2 Å². The molecule has 0 aromatic carbocycles. The van der Waals surface area contributed by atoms with Gasteiger partial charge >= 0.3 is 5.97 Å². The van der Waals surface area contributed by atoms with Gasteiger partial charge in [0, 0.05) is 25.2 Å². The van der Waals surface area contributed by atoms with Crippen LogP contribution in [-0.2, 0) is 14.2 Å². The fourth-order valence-corrected chi connectivity index (χ4v) is 2.73. The Hall–Kier alpha value is -1.46. The molecule has 1 aromatic rings. The second-order valence-electron chi connectivity index (χ2n) is 5.36. The molecule has 2 heterocycles. The van der Waals surface area contributed by atoms with Crippen molar-refractivity contribution in [3.8, 4) is 0 Å². The van der Waals surface area contributed by atoms with Gasteiger partial charge in [-0.2, -0.15) is 0 Å². The Morgan fingerprint density at radius 2 is 2.00 bits per heavy atom. The zero-order chi connectivity index (χ0) is 13.8. The molecule has 0 N–H and O–H groups in total. The van der Waals surface area contributed by atoms with Gasteiger partial charge in [-0.3, -0.25) is 4.98 Å². The third kappa shape index (κ3) is 2.99. The van der Waals surface area contributed by atoms with E-state index in [-0.39, 0.29) is 12.1 Å². The van der Waals surface area contributed by atoms with Crippen LogP contribution >= 0.6 is 0 Å². The quantitative estimate of drug-likeness (QED) is 0.776. The number of nitrogens with zero attached hydrogens (tertiary/aromatic N) is 1. The molecule has 1 aromatic heterocycles. The summed E-state index contributed by atoms with van der Waals surface area (Å²) in [6.45, 7) is 0.817. The summed E-state index contributed by atoms with van der Waals surface area (Å²) in [6.07, 6.45) is 8.18. The molecule has 1 spiro atoms. The molecule has 1 aliphatic carbocycles. The van der Waals surface area contributed by atoms with Gasteiger partial charge in [0.1, 0.15) is 6.10 Å². The third-order valence-corrected chi connectivity index (χ3v) is 3.85. The highest BCUT2D eigenvalue weighted by Crippen LogP contribution is 2.35. The SMILES string of the molecule is O=C(OC1COC2(CCCCC2)OC1)c1cccnc1. The predicted octanol–water partition coefficient (Wildman–Crippen LogP) is 2.31. The van der Waals surface area contributed by atoms with Crippen molar-refractivity contribution < 1.29 is 19.0 Å². The third-order valence-electron chi connectivity index (χ3n) is 3.85. The van der Waals surface area contributed by atoms with Gasteiger partial charge in [0.25, 0.3) is 0 Å². The summed E-state index contributed by atoms with van der Waals surface area (Å²) in [5.41, 5.74) is 0.449. The summed E-state index contributed by atoms with van der Waals surface area (Å²) in [4.78, 5) is 15.8. The van der Waals surface area contributed by atoms with Crippen molar-refractivity contribution in [3.05, 3.63) is 30.1 Å². The molecule has 0 bridgehead atoms. The molecule has 0 atom stereocenters. The number of esters is 1. The van der Waals surface area contributed by atoms with Gasteiger partial charge in [0.2, 0.25) is 0 Å². The Morgan fingerprint density at radius 3 is 2.65 bits per heavy atom. The van der Waals surface area contributed by atoms with Crippen LogP contribution in [0.5, 0.6) is 0 Å². The van der Waals surface area contributed by atoms with Crippen LogP contribution in [-0.4, -0.2) is 36.1 Å². The number of rotatable bonds is 2. The summed E-state index contributed by atoms with van der Waals surface area (Å²) in [5.74, 6) is -0.801. The molecule has 2 fully saturated rings. The van der Waals surface area contributed by atoms with E-state index in [2.05, 4.69) is 4.98 Å². The molecule has 1 aliphatic heterocycles. The lowest BCUT2D eigenvalue weighted by Crippen LogP contribution is -2.48. The summed E-state index contributed by atoms with van der Waals surface area (Å²) in [6, 6.07) is 3.39. The summed E-state index contributed by atoms with van der Waals surface area (Å²) in [7, 11) is 0. The summed E-state index contributed by atoms with van der Waals surface area (Å²) < 4.78 is 17.1. The monoisotopic (exact) mass is 277 g/mol. The van der Waals surface area contributed by atoms with Crippen molar-refractivity contribution in [2.24, 2.45) is 0 Å². The normalized spacial score (nSPS) is 22.6. The number of carbonyl (C=O) groups excluding carboxylic acids is 1. The molecule has 1 saturated carbocycles. The van der Waals surface area contributed by atoms with E-state index in [9.17, 15) is 4.79 Å². The van der Waals surface area contributed by atoms with Crippen LogP contribution in [0.4, 0.5) is 0 Å². The van der Waals surface area contributed by atoms with Gasteiger partial charge in [-0.05, 0) is 25.0 Å². The highest BCUT2D eigenvalue weighted by molar-refractivity contribution is 5.89. The Morgan fingerprint density at radius 1 is 1.25 bits per heavy atom. The molecule has 108 valence electrons.